The van der Waals surface area contributed by atoms with Crippen molar-refractivity contribution >= 4 is 49.2 Å². The molecule has 2 heterocycles. The van der Waals surface area contributed by atoms with E-state index >= 15 is 0 Å². The summed E-state index contributed by atoms with van der Waals surface area (Å²) in [5, 5.41) is 8.96. The third-order valence-electron chi connectivity index (χ3n) is 3.21. The molecule has 0 saturated carbocycles. The van der Waals surface area contributed by atoms with Crippen LogP contribution in [-0.2, 0) is 11.3 Å². The van der Waals surface area contributed by atoms with E-state index in [4.69, 9.17) is 5.11 Å². The van der Waals surface area contributed by atoms with Crippen molar-refractivity contribution < 1.29 is 9.90 Å². The largest absolute Gasteiger partial charge is 0.481 e. The number of carbonyl (C=O) groups is 1. The minimum atomic E-state index is -0.694. The Balaban J connectivity index is 2.02. The van der Waals surface area contributed by atoms with E-state index in [-0.39, 0.29) is 12.5 Å². The van der Waals surface area contributed by atoms with Crippen LogP contribution in [0.3, 0.4) is 0 Å². The number of piperidine rings is 1. The Bertz CT molecular complexity index is 416. The van der Waals surface area contributed by atoms with Gasteiger partial charge in [0.1, 0.15) is 0 Å². The zero-order valence-electron chi connectivity index (χ0n) is 9.86. The van der Waals surface area contributed by atoms with Gasteiger partial charge in [-0.1, -0.05) is 6.42 Å². The van der Waals surface area contributed by atoms with Gasteiger partial charge in [-0.3, -0.25) is 9.69 Å². The SMILES string of the molecule is O=C(O)CC1CCCCN1Cc1cc(Br)c(Br)s1. The van der Waals surface area contributed by atoms with Crippen LogP contribution < -0.4 is 0 Å². The van der Waals surface area contributed by atoms with Gasteiger partial charge in [0.05, 0.1) is 10.2 Å². The molecule has 1 aromatic rings. The molecular weight excluding hydrogens is 382 g/mol. The Hall–Kier alpha value is 0.0900. The summed E-state index contributed by atoms with van der Waals surface area (Å²) in [6, 6.07) is 2.30. The molecule has 18 heavy (non-hydrogen) atoms. The minimum Gasteiger partial charge on any atom is -0.481 e. The van der Waals surface area contributed by atoms with Gasteiger partial charge in [-0.25, -0.2) is 0 Å². The Morgan fingerprint density at radius 2 is 2.28 bits per heavy atom. The summed E-state index contributed by atoms with van der Waals surface area (Å²) in [4.78, 5) is 14.5. The van der Waals surface area contributed by atoms with Crippen molar-refractivity contribution in [1.82, 2.24) is 4.90 Å². The molecule has 0 amide bonds. The smallest absolute Gasteiger partial charge is 0.304 e. The van der Waals surface area contributed by atoms with Crippen LogP contribution >= 0.6 is 43.2 Å². The first-order valence-electron chi connectivity index (χ1n) is 5.96. The number of aliphatic carboxylic acids is 1. The van der Waals surface area contributed by atoms with E-state index in [1.165, 1.54) is 11.3 Å². The predicted molar refractivity (Wildman–Crippen MR) is 80.0 cm³/mol. The predicted octanol–water partition coefficient (Wildman–Crippen LogP) is 4.10. The van der Waals surface area contributed by atoms with Gasteiger partial charge in [0.15, 0.2) is 0 Å². The molecule has 0 bridgehead atoms. The molecule has 2 rings (SSSR count). The average molecular weight is 397 g/mol. The maximum absolute atomic E-state index is 10.9. The summed E-state index contributed by atoms with van der Waals surface area (Å²) >= 11 is 8.69. The standard InChI is InChI=1S/C12H15Br2NO2S/c13-10-6-9(18-12(10)14)7-15-4-2-1-3-8(15)5-11(16)17/h6,8H,1-5,7H2,(H,16,17). The number of hydrogen-bond acceptors (Lipinski definition) is 3. The highest BCUT2D eigenvalue weighted by Crippen LogP contribution is 2.34. The van der Waals surface area contributed by atoms with Crippen LogP contribution in [0.25, 0.3) is 0 Å². The maximum atomic E-state index is 10.9. The first kappa shape index (κ1) is 14.5. The summed E-state index contributed by atoms with van der Waals surface area (Å²) in [5.74, 6) is -0.694. The van der Waals surface area contributed by atoms with E-state index in [1.807, 2.05) is 0 Å². The van der Waals surface area contributed by atoms with E-state index in [9.17, 15) is 4.79 Å². The fourth-order valence-electron chi connectivity index (χ4n) is 2.37. The number of carboxylic acids is 1. The second-order valence-corrected chi connectivity index (χ2v) is 7.86. The molecule has 6 heteroatoms. The molecule has 1 fully saturated rings. The van der Waals surface area contributed by atoms with Crippen LogP contribution in [0.4, 0.5) is 0 Å². The number of nitrogens with zero attached hydrogens (tertiary/aromatic N) is 1. The zero-order chi connectivity index (χ0) is 13.1. The van der Waals surface area contributed by atoms with Crippen molar-refractivity contribution in [3.63, 3.8) is 0 Å². The van der Waals surface area contributed by atoms with Gasteiger partial charge in [-0.05, 0) is 57.3 Å². The summed E-state index contributed by atoms with van der Waals surface area (Å²) in [6.07, 6.45) is 3.57. The Labute approximate surface area is 127 Å². The molecule has 1 saturated heterocycles. The number of hydrogen-bond donors (Lipinski definition) is 1. The molecule has 1 N–H and O–H groups in total. The molecule has 100 valence electrons. The van der Waals surface area contributed by atoms with E-state index < -0.39 is 5.97 Å². The zero-order valence-corrected chi connectivity index (χ0v) is 13.9. The van der Waals surface area contributed by atoms with Crippen molar-refractivity contribution in [3.05, 3.63) is 19.2 Å². The summed E-state index contributed by atoms with van der Waals surface area (Å²) in [6.45, 7) is 1.86. The number of thiophene rings is 1. The lowest BCUT2D eigenvalue weighted by Gasteiger charge is -2.34. The van der Waals surface area contributed by atoms with E-state index in [2.05, 4.69) is 42.8 Å². The number of rotatable bonds is 4. The molecule has 1 atom stereocenters. The summed E-state index contributed by atoms with van der Waals surface area (Å²) in [5.41, 5.74) is 0. The summed E-state index contributed by atoms with van der Waals surface area (Å²) in [7, 11) is 0. The normalized spacial score (nSPS) is 21.1. The van der Waals surface area contributed by atoms with Crippen molar-refractivity contribution in [2.75, 3.05) is 6.54 Å². The lowest BCUT2D eigenvalue weighted by Crippen LogP contribution is -2.40. The van der Waals surface area contributed by atoms with Crippen molar-refractivity contribution in [2.45, 2.75) is 38.3 Å². The Morgan fingerprint density at radius 3 is 2.89 bits per heavy atom. The first-order chi connectivity index (χ1) is 8.56. The molecule has 1 aromatic heterocycles. The van der Waals surface area contributed by atoms with Crippen LogP contribution in [0.5, 0.6) is 0 Å². The van der Waals surface area contributed by atoms with E-state index in [0.29, 0.717) is 0 Å². The number of likely N-dealkylation sites (tertiary alicyclic amines) is 1. The number of halogens is 2. The second-order valence-electron chi connectivity index (χ2n) is 4.55. The van der Waals surface area contributed by atoms with Crippen LogP contribution in [0.15, 0.2) is 14.3 Å². The summed E-state index contributed by atoms with van der Waals surface area (Å²) < 4.78 is 2.18. The molecule has 0 spiro atoms. The molecule has 0 aliphatic carbocycles. The molecule has 1 aliphatic heterocycles. The molecule has 3 nitrogen and oxygen atoms in total. The van der Waals surface area contributed by atoms with Gasteiger partial charge < -0.3 is 5.11 Å². The molecule has 0 aromatic carbocycles. The lowest BCUT2D eigenvalue weighted by molar-refractivity contribution is -0.138. The molecule has 1 unspecified atom stereocenters. The monoisotopic (exact) mass is 395 g/mol. The van der Waals surface area contributed by atoms with Gasteiger partial charge in [0.2, 0.25) is 0 Å². The Morgan fingerprint density at radius 1 is 1.50 bits per heavy atom. The highest BCUT2D eigenvalue weighted by Gasteiger charge is 2.25. The van der Waals surface area contributed by atoms with Crippen LogP contribution in [0.1, 0.15) is 30.6 Å². The molecule has 0 radical (unpaired) electrons. The van der Waals surface area contributed by atoms with Crippen LogP contribution in [-0.4, -0.2) is 28.6 Å². The highest BCUT2D eigenvalue weighted by molar-refractivity contribution is 9.13. The first-order valence-corrected chi connectivity index (χ1v) is 8.36. The highest BCUT2D eigenvalue weighted by atomic mass is 79.9. The number of carboxylic acid groups (broad SMARTS) is 1. The third kappa shape index (κ3) is 3.79. The fourth-order valence-corrected chi connectivity index (χ4v) is 4.57. The van der Waals surface area contributed by atoms with Crippen molar-refractivity contribution in [1.29, 1.82) is 0 Å². The van der Waals surface area contributed by atoms with Crippen LogP contribution in [0, 0.1) is 0 Å². The lowest BCUT2D eigenvalue weighted by atomic mass is 9.99. The topological polar surface area (TPSA) is 40.5 Å². The van der Waals surface area contributed by atoms with Gasteiger partial charge in [0.25, 0.3) is 0 Å². The van der Waals surface area contributed by atoms with Gasteiger partial charge in [0, 0.05) is 21.9 Å². The second kappa shape index (κ2) is 6.50. The van der Waals surface area contributed by atoms with Crippen molar-refractivity contribution in [2.24, 2.45) is 0 Å². The minimum absolute atomic E-state index is 0.191. The quantitative estimate of drug-likeness (QED) is 0.832. The van der Waals surface area contributed by atoms with Gasteiger partial charge in [-0.2, -0.15) is 0 Å². The molecule has 1 aliphatic rings. The molecular formula is C12H15Br2NO2S. The van der Waals surface area contributed by atoms with Gasteiger partial charge in [-0.15, -0.1) is 11.3 Å². The third-order valence-corrected chi connectivity index (χ3v) is 6.46. The van der Waals surface area contributed by atoms with Crippen LogP contribution in [0.2, 0.25) is 0 Å². The van der Waals surface area contributed by atoms with E-state index in [1.54, 1.807) is 11.3 Å². The fraction of sp³-hybridized carbons (Fsp3) is 0.583. The maximum Gasteiger partial charge on any atom is 0.304 e. The average Bonchev–Trinajstić information content (AvgIpc) is 2.60. The van der Waals surface area contributed by atoms with Crippen molar-refractivity contribution in [3.8, 4) is 0 Å². The Kier molecular flexibility index (Phi) is 5.24. The van der Waals surface area contributed by atoms with Gasteiger partial charge >= 0.3 is 5.97 Å². The van der Waals surface area contributed by atoms with E-state index in [0.717, 1.165) is 34.2 Å².